The fourth-order valence-electron chi connectivity index (χ4n) is 1.33. The van der Waals surface area contributed by atoms with Crippen molar-refractivity contribution in [2.45, 2.75) is 6.04 Å². The van der Waals surface area contributed by atoms with Gasteiger partial charge in [-0.15, -0.1) is 12.4 Å². The monoisotopic (exact) mass is 339 g/mol. The highest BCUT2D eigenvalue weighted by Gasteiger charge is 2.27. The van der Waals surface area contributed by atoms with Crippen LogP contribution in [0.1, 0.15) is 22.0 Å². The molecule has 1 aromatic rings. The number of phenolic OH excluding ortho intramolecular Hbond substituents is 1. The number of aromatic hydroxyl groups is 1. The summed E-state index contributed by atoms with van der Waals surface area (Å²) in [5.74, 6) is -2.51. The van der Waals surface area contributed by atoms with E-state index in [2.05, 4.69) is 20.7 Å². The number of ether oxygens (including phenoxy) is 1. The van der Waals surface area contributed by atoms with Crippen molar-refractivity contribution >= 4 is 40.3 Å². The topological polar surface area (TPSA) is 110 Å². The number of carboxylic acid groups (broad SMARTS) is 1. The lowest BCUT2D eigenvalue weighted by atomic mass is 9.99. The second-order valence-corrected chi connectivity index (χ2v) is 4.02. The standard InChI is InChI=1S/C10H10BrNO5.ClH/c1-17-10(16)7(12)6-4(9(14)15)2-3-5(11)8(6)13;/h2-3,7,13H,12H2,1H3,(H,14,15);1H/t7-;/m0./s1. The Morgan fingerprint density at radius 3 is 2.44 bits per heavy atom. The first-order chi connectivity index (χ1) is 7.90. The van der Waals surface area contributed by atoms with Crippen LogP contribution in [0.15, 0.2) is 16.6 Å². The molecule has 6 nitrogen and oxygen atoms in total. The van der Waals surface area contributed by atoms with Gasteiger partial charge in [-0.25, -0.2) is 4.79 Å². The van der Waals surface area contributed by atoms with Gasteiger partial charge >= 0.3 is 11.9 Å². The number of hydrogen-bond acceptors (Lipinski definition) is 5. The molecule has 0 saturated carbocycles. The van der Waals surface area contributed by atoms with Gasteiger partial charge in [-0.3, -0.25) is 4.79 Å². The van der Waals surface area contributed by atoms with Crippen molar-refractivity contribution in [2.24, 2.45) is 5.73 Å². The van der Waals surface area contributed by atoms with Crippen LogP contribution >= 0.6 is 28.3 Å². The number of benzene rings is 1. The zero-order valence-electron chi connectivity index (χ0n) is 9.21. The molecule has 1 aromatic carbocycles. The second-order valence-electron chi connectivity index (χ2n) is 3.16. The summed E-state index contributed by atoms with van der Waals surface area (Å²) in [7, 11) is 1.12. The largest absolute Gasteiger partial charge is 0.506 e. The molecule has 18 heavy (non-hydrogen) atoms. The molecule has 4 N–H and O–H groups in total. The minimum Gasteiger partial charge on any atom is -0.506 e. The minimum absolute atomic E-state index is 0. The van der Waals surface area contributed by atoms with Crippen LogP contribution in [0.2, 0.25) is 0 Å². The number of carbonyl (C=O) groups is 2. The fourth-order valence-corrected chi connectivity index (χ4v) is 1.67. The van der Waals surface area contributed by atoms with E-state index in [-0.39, 0.29) is 33.8 Å². The van der Waals surface area contributed by atoms with Crippen LogP contribution in [-0.2, 0) is 9.53 Å². The van der Waals surface area contributed by atoms with E-state index >= 15 is 0 Å². The predicted molar refractivity (Wildman–Crippen MR) is 69.0 cm³/mol. The summed E-state index contributed by atoms with van der Waals surface area (Å²) in [5.41, 5.74) is 5.11. The maximum atomic E-state index is 11.3. The van der Waals surface area contributed by atoms with E-state index < -0.39 is 18.0 Å². The average molecular weight is 341 g/mol. The molecule has 8 heteroatoms. The van der Waals surface area contributed by atoms with Crippen molar-refractivity contribution in [2.75, 3.05) is 7.11 Å². The number of aromatic carboxylic acids is 1. The van der Waals surface area contributed by atoms with E-state index in [4.69, 9.17) is 10.8 Å². The van der Waals surface area contributed by atoms with Crippen LogP contribution < -0.4 is 5.73 Å². The maximum absolute atomic E-state index is 11.3. The van der Waals surface area contributed by atoms with Gasteiger partial charge in [0.25, 0.3) is 0 Å². The zero-order valence-corrected chi connectivity index (χ0v) is 11.6. The van der Waals surface area contributed by atoms with Crippen LogP contribution in [-0.4, -0.2) is 29.3 Å². The van der Waals surface area contributed by atoms with Crippen LogP contribution in [0.25, 0.3) is 0 Å². The van der Waals surface area contributed by atoms with E-state index in [9.17, 15) is 14.7 Å². The molecule has 0 amide bonds. The molecule has 0 bridgehead atoms. The number of halogens is 2. The molecule has 0 heterocycles. The Morgan fingerprint density at radius 1 is 1.44 bits per heavy atom. The molecule has 0 aromatic heterocycles. The SMILES string of the molecule is COC(=O)[C@@H](N)c1c(C(=O)O)ccc(Br)c1O.Cl. The molecule has 1 rings (SSSR count). The van der Waals surface area contributed by atoms with Gasteiger partial charge in [0.2, 0.25) is 0 Å². The molecule has 0 aliphatic carbocycles. The Kier molecular flexibility index (Phi) is 6.10. The number of carbonyl (C=O) groups excluding carboxylic acids is 1. The van der Waals surface area contributed by atoms with Gasteiger partial charge in [-0.2, -0.15) is 0 Å². The van der Waals surface area contributed by atoms with Gasteiger partial charge in [-0.1, -0.05) is 0 Å². The van der Waals surface area contributed by atoms with Crippen LogP contribution in [0, 0.1) is 0 Å². The lowest BCUT2D eigenvalue weighted by molar-refractivity contribution is -0.142. The molecule has 0 fully saturated rings. The first-order valence-corrected chi connectivity index (χ1v) is 5.27. The van der Waals surface area contributed by atoms with E-state index in [1.165, 1.54) is 12.1 Å². The molecular weight excluding hydrogens is 329 g/mol. The molecule has 0 radical (unpaired) electrons. The summed E-state index contributed by atoms with van der Waals surface area (Å²) in [4.78, 5) is 22.3. The van der Waals surface area contributed by atoms with Gasteiger partial charge < -0.3 is 20.7 Å². The third kappa shape index (κ3) is 3.12. The zero-order chi connectivity index (χ0) is 13.2. The molecule has 100 valence electrons. The van der Waals surface area contributed by atoms with E-state index in [0.717, 1.165) is 7.11 Å². The first kappa shape index (κ1) is 16.7. The molecule has 0 aliphatic heterocycles. The molecule has 0 aliphatic rings. The van der Waals surface area contributed by atoms with E-state index in [1.807, 2.05) is 0 Å². The number of hydrogen-bond donors (Lipinski definition) is 3. The van der Waals surface area contributed by atoms with Crippen molar-refractivity contribution in [3.05, 3.63) is 27.7 Å². The fraction of sp³-hybridized carbons (Fsp3) is 0.200. The van der Waals surface area contributed by atoms with Crippen LogP contribution in [0.3, 0.4) is 0 Å². The Hall–Kier alpha value is -1.31. The Labute approximate surface area is 117 Å². The quantitative estimate of drug-likeness (QED) is 0.718. The summed E-state index contributed by atoms with van der Waals surface area (Å²) in [6.45, 7) is 0. The summed E-state index contributed by atoms with van der Waals surface area (Å²) in [5, 5.41) is 18.7. The number of nitrogens with two attached hydrogens (primary N) is 1. The van der Waals surface area contributed by atoms with Crippen molar-refractivity contribution in [1.82, 2.24) is 0 Å². The van der Waals surface area contributed by atoms with Gasteiger partial charge in [0, 0.05) is 5.56 Å². The third-order valence-electron chi connectivity index (χ3n) is 2.16. The van der Waals surface area contributed by atoms with Crippen LogP contribution in [0.4, 0.5) is 0 Å². The highest BCUT2D eigenvalue weighted by atomic mass is 79.9. The number of rotatable bonds is 3. The van der Waals surface area contributed by atoms with Gasteiger partial charge in [0.05, 0.1) is 17.1 Å². The summed E-state index contributed by atoms with van der Waals surface area (Å²) in [6.07, 6.45) is 0. The number of methoxy groups -OCH3 is 1. The number of carboxylic acids is 1. The molecule has 0 unspecified atom stereocenters. The van der Waals surface area contributed by atoms with Crippen LogP contribution in [0.5, 0.6) is 5.75 Å². The summed E-state index contributed by atoms with van der Waals surface area (Å²) in [6, 6.07) is 1.24. The molecular formula is C10H11BrClNO5. The van der Waals surface area contributed by atoms with Gasteiger partial charge in [-0.05, 0) is 28.1 Å². The Bertz CT molecular complexity index is 480. The minimum atomic E-state index is -1.36. The lowest BCUT2D eigenvalue weighted by Crippen LogP contribution is -2.25. The van der Waals surface area contributed by atoms with E-state index in [1.54, 1.807) is 0 Å². The summed E-state index contributed by atoms with van der Waals surface area (Å²) >= 11 is 3.02. The summed E-state index contributed by atoms with van der Waals surface area (Å²) < 4.78 is 4.66. The normalized spacial score (nSPS) is 11.3. The van der Waals surface area contributed by atoms with Crippen molar-refractivity contribution in [3.8, 4) is 5.75 Å². The highest BCUT2D eigenvalue weighted by molar-refractivity contribution is 9.10. The average Bonchev–Trinajstić information content (AvgIpc) is 2.30. The Balaban J connectivity index is 0.00000289. The number of phenols is 1. The molecule has 1 atom stereocenters. The van der Waals surface area contributed by atoms with Gasteiger partial charge in [0.1, 0.15) is 11.8 Å². The van der Waals surface area contributed by atoms with Gasteiger partial charge in [0.15, 0.2) is 0 Å². The third-order valence-corrected chi connectivity index (χ3v) is 2.80. The smallest absolute Gasteiger partial charge is 0.336 e. The first-order valence-electron chi connectivity index (χ1n) is 4.48. The maximum Gasteiger partial charge on any atom is 0.336 e. The van der Waals surface area contributed by atoms with Crippen molar-refractivity contribution < 1.29 is 24.5 Å². The lowest BCUT2D eigenvalue weighted by Gasteiger charge is -2.15. The molecule has 0 saturated heterocycles. The predicted octanol–water partition coefficient (Wildman–Crippen LogP) is 1.45. The van der Waals surface area contributed by atoms with Crippen molar-refractivity contribution in [1.29, 1.82) is 0 Å². The second kappa shape index (κ2) is 6.58. The Morgan fingerprint density at radius 2 is 2.00 bits per heavy atom. The number of esters is 1. The van der Waals surface area contributed by atoms with E-state index in [0.29, 0.717) is 0 Å². The highest BCUT2D eigenvalue weighted by Crippen LogP contribution is 2.34. The van der Waals surface area contributed by atoms with Crippen molar-refractivity contribution in [3.63, 3.8) is 0 Å². The molecule has 0 spiro atoms.